The maximum Gasteiger partial charge on any atom is -0.0182 e. The summed E-state index contributed by atoms with van der Waals surface area (Å²) in [6.45, 7) is 0. The lowest BCUT2D eigenvalue weighted by Gasteiger charge is -2.40. The molecule has 1 fully saturated rings. The highest BCUT2D eigenvalue weighted by atomic mass is 14.5. The van der Waals surface area contributed by atoms with Gasteiger partial charge in [0.2, 0.25) is 0 Å². The summed E-state index contributed by atoms with van der Waals surface area (Å²) in [6.07, 6.45) is 10.8. The van der Waals surface area contributed by atoms with E-state index in [0.717, 1.165) is 5.92 Å². The third-order valence-electron chi connectivity index (χ3n) is 5.20. The van der Waals surface area contributed by atoms with Gasteiger partial charge < -0.3 is 0 Å². The van der Waals surface area contributed by atoms with Gasteiger partial charge in [0.1, 0.15) is 0 Å². The van der Waals surface area contributed by atoms with E-state index in [2.05, 4.69) is 30.3 Å². The first-order valence-corrected chi connectivity index (χ1v) is 6.60. The van der Waals surface area contributed by atoms with Crippen LogP contribution in [-0.4, -0.2) is 0 Å². The summed E-state index contributed by atoms with van der Waals surface area (Å²) in [6, 6.07) is 9.09. The predicted octanol–water partition coefficient (Wildman–Crippen LogP) is 3.90. The van der Waals surface area contributed by atoms with Crippen molar-refractivity contribution in [1.82, 2.24) is 0 Å². The highest BCUT2D eigenvalue weighted by molar-refractivity contribution is 5.35. The number of fused-ring (bicyclic) bond motifs is 4. The lowest BCUT2D eigenvalue weighted by atomic mass is 9.64. The first-order chi connectivity index (χ1) is 7.86. The van der Waals surface area contributed by atoms with E-state index in [1.165, 1.54) is 38.5 Å². The minimum absolute atomic E-state index is 0.665. The normalized spacial score (nSPS) is 35.2. The van der Waals surface area contributed by atoms with E-state index in [-0.39, 0.29) is 0 Å². The average Bonchev–Trinajstić information content (AvgIpc) is 2.89. The van der Waals surface area contributed by atoms with Crippen LogP contribution < -0.4 is 0 Å². The number of aryl methyl sites for hydroxylation is 1. The SMILES string of the molecule is C1=C2CC(C1)C1(CCc3ccccc3C1)C2. The fraction of sp³-hybridized carbons (Fsp3) is 0.500. The third kappa shape index (κ3) is 1.10. The Morgan fingerprint density at radius 3 is 2.69 bits per heavy atom. The molecule has 0 heterocycles. The number of hydrogen-bond donors (Lipinski definition) is 0. The lowest BCUT2D eigenvalue weighted by molar-refractivity contribution is 0.168. The molecule has 4 rings (SSSR count). The van der Waals surface area contributed by atoms with E-state index in [9.17, 15) is 0 Å². The van der Waals surface area contributed by atoms with Crippen molar-refractivity contribution in [2.75, 3.05) is 0 Å². The molecule has 0 N–H and O–H groups in total. The molecule has 16 heavy (non-hydrogen) atoms. The van der Waals surface area contributed by atoms with Crippen molar-refractivity contribution in [1.29, 1.82) is 0 Å². The summed E-state index contributed by atoms with van der Waals surface area (Å²) < 4.78 is 0. The third-order valence-corrected chi connectivity index (χ3v) is 5.20. The molecule has 0 heteroatoms. The van der Waals surface area contributed by atoms with Crippen LogP contribution in [0.5, 0.6) is 0 Å². The average molecular weight is 210 g/mol. The first kappa shape index (κ1) is 9.04. The van der Waals surface area contributed by atoms with Crippen LogP contribution in [0, 0.1) is 11.3 Å². The number of hydrogen-bond acceptors (Lipinski definition) is 0. The van der Waals surface area contributed by atoms with Crippen LogP contribution in [0.4, 0.5) is 0 Å². The summed E-state index contributed by atoms with van der Waals surface area (Å²) >= 11 is 0. The van der Waals surface area contributed by atoms with Gasteiger partial charge in [-0.2, -0.15) is 0 Å². The van der Waals surface area contributed by atoms with Crippen molar-refractivity contribution in [3.05, 3.63) is 47.0 Å². The molecular formula is C16H18. The van der Waals surface area contributed by atoms with Gasteiger partial charge in [-0.1, -0.05) is 35.9 Å². The standard InChI is InChI=1S/C16H18/c1-2-4-14-11-16(8-7-13(14)3-1)10-12-5-6-15(16)9-12/h1-5,15H,6-11H2. The van der Waals surface area contributed by atoms with Crippen molar-refractivity contribution in [2.24, 2.45) is 11.3 Å². The van der Waals surface area contributed by atoms with Gasteiger partial charge in [0.25, 0.3) is 0 Å². The molecule has 3 aliphatic carbocycles. The van der Waals surface area contributed by atoms with Crippen molar-refractivity contribution in [3.63, 3.8) is 0 Å². The van der Waals surface area contributed by atoms with E-state index in [1.807, 2.05) is 0 Å². The van der Waals surface area contributed by atoms with Gasteiger partial charge in [-0.15, -0.1) is 0 Å². The summed E-state index contributed by atoms with van der Waals surface area (Å²) in [5.74, 6) is 0.982. The highest BCUT2D eigenvalue weighted by Crippen LogP contribution is 2.58. The minimum Gasteiger partial charge on any atom is -0.0850 e. The van der Waals surface area contributed by atoms with E-state index in [4.69, 9.17) is 0 Å². The molecule has 0 amide bonds. The maximum absolute atomic E-state index is 2.51. The van der Waals surface area contributed by atoms with Crippen LogP contribution in [0.2, 0.25) is 0 Å². The fourth-order valence-electron chi connectivity index (χ4n) is 4.32. The van der Waals surface area contributed by atoms with E-state index < -0.39 is 0 Å². The van der Waals surface area contributed by atoms with E-state index in [1.54, 1.807) is 16.7 Å². The van der Waals surface area contributed by atoms with Crippen LogP contribution in [0.15, 0.2) is 35.9 Å². The van der Waals surface area contributed by atoms with Gasteiger partial charge in [0, 0.05) is 0 Å². The molecule has 1 aromatic carbocycles. The number of rotatable bonds is 0. The van der Waals surface area contributed by atoms with Crippen LogP contribution in [-0.2, 0) is 12.8 Å². The lowest BCUT2D eigenvalue weighted by Crippen LogP contribution is -2.33. The Bertz CT molecular complexity index is 469. The molecular weight excluding hydrogens is 192 g/mol. The molecule has 3 aliphatic rings. The zero-order valence-electron chi connectivity index (χ0n) is 9.71. The molecule has 2 unspecified atom stereocenters. The summed E-state index contributed by atoms with van der Waals surface area (Å²) in [4.78, 5) is 0. The van der Waals surface area contributed by atoms with Crippen LogP contribution in [0.3, 0.4) is 0 Å². The molecule has 1 saturated carbocycles. The summed E-state index contributed by atoms with van der Waals surface area (Å²) in [5, 5.41) is 0. The molecule has 1 aromatic rings. The Balaban J connectivity index is 1.73. The molecule has 82 valence electrons. The molecule has 0 aliphatic heterocycles. The molecule has 2 atom stereocenters. The molecule has 1 spiro atoms. The van der Waals surface area contributed by atoms with E-state index >= 15 is 0 Å². The molecule has 0 aromatic heterocycles. The quantitative estimate of drug-likeness (QED) is 0.570. The number of benzene rings is 1. The van der Waals surface area contributed by atoms with Crippen LogP contribution in [0.1, 0.15) is 36.8 Å². The second-order valence-corrected chi connectivity index (χ2v) is 5.98. The molecule has 2 bridgehead atoms. The van der Waals surface area contributed by atoms with Gasteiger partial charge in [-0.05, 0) is 61.0 Å². The van der Waals surface area contributed by atoms with Crippen LogP contribution >= 0.6 is 0 Å². The van der Waals surface area contributed by atoms with Crippen molar-refractivity contribution < 1.29 is 0 Å². The second-order valence-electron chi connectivity index (χ2n) is 5.98. The Labute approximate surface area is 97.4 Å². The zero-order chi connectivity index (χ0) is 10.6. The monoisotopic (exact) mass is 210 g/mol. The second kappa shape index (κ2) is 3.00. The summed E-state index contributed by atoms with van der Waals surface area (Å²) in [5.41, 5.74) is 5.69. The molecule has 0 nitrogen and oxygen atoms in total. The Kier molecular flexibility index (Phi) is 1.69. The van der Waals surface area contributed by atoms with Crippen LogP contribution in [0.25, 0.3) is 0 Å². The predicted molar refractivity (Wildman–Crippen MR) is 66.3 cm³/mol. The summed E-state index contributed by atoms with van der Waals surface area (Å²) in [7, 11) is 0. The van der Waals surface area contributed by atoms with E-state index in [0.29, 0.717) is 5.41 Å². The van der Waals surface area contributed by atoms with Gasteiger partial charge in [-0.25, -0.2) is 0 Å². The number of allylic oxidation sites excluding steroid dienone is 2. The topological polar surface area (TPSA) is 0 Å². The van der Waals surface area contributed by atoms with Crippen molar-refractivity contribution in [3.8, 4) is 0 Å². The van der Waals surface area contributed by atoms with Crippen molar-refractivity contribution in [2.45, 2.75) is 38.5 Å². The Morgan fingerprint density at radius 1 is 1.06 bits per heavy atom. The largest absolute Gasteiger partial charge is 0.0850 e. The van der Waals surface area contributed by atoms with Crippen molar-refractivity contribution >= 4 is 0 Å². The van der Waals surface area contributed by atoms with Gasteiger partial charge >= 0.3 is 0 Å². The minimum atomic E-state index is 0.665. The fourth-order valence-corrected chi connectivity index (χ4v) is 4.32. The smallest absolute Gasteiger partial charge is 0.0182 e. The molecule has 0 radical (unpaired) electrons. The highest BCUT2D eigenvalue weighted by Gasteiger charge is 2.48. The van der Waals surface area contributed by atoms with Gasteiger partial charge in [0.05, 0.1) is 0 Å². The Hall–Kier alpha value is -1.04. The van der Waals surface area contributed by atoms with Gasteiger partial charge in [0.15, 0.2) is 0 Å². The van der Waals surface area contributed by atoms with Gasteiger partial charge in [-0.3, -0.25) is 0 Å². The Morgan fingerprint density at radius 2 is 1.94 bits per heavy atom. The first-order valence-electron chi connectivity index (χ1n) is 6.60. The molecule has 0 saturated heterocycles. The zero-order valence-corrected chi connectivity index (χ0v) is 9.71. The maximum atomic E-state index is 2.51.